The Kier molecular flexibility index (Phi) is 4.47. The van der Waals surface area contributed by atoms with E-state index >= 15 is 0 Å². The number of hydrogen-bond acceptors (Lipinski definition) is 5. The number of fused-ring (bicyclic) bond motifs is 1. The van der Waals surface area contributed by atoms with Gasteiger partial charge in [0, 0.05) is 17.3 Å². The van der Waals surface area contributed by atoms with Gasteiger partial charge in [-0.05, 0) is 38.1 Å². The van der Waals surface area contributed by atoms with Gasteiger partial charge in [0.05, 0.1) is 18.2 Å². The fourth-order valence-electron chi connectivity index (χ4n) is 2.31. The average Bonchev–Trinajstić information content (AvgIpc) is 3.01. The number of rotatable bonds is 5. The number of pyridine rings is 1. The SMILES string of the molecule is CC(C)Oc1ccc2nccc(NCc3nc(C(F)(F)F)n[nH]3)c2c1. The van der Waals surface area contributed by atoms with E-state index in [9.17, 15) is 13.2 Å². The van der Waals surface area contributed by atoms with Gasteiger partial charge in [-0.15, -0.1) is 5.10 Å². The Morgan fingerprint density at radius 3 is 2.72 bits per heavy atom. The maximum absolute atomic E-state index is 12.5. The molecular weight excluding hydrogens is 335 g/mol. The number of aromatic amines is 1. The van der Waals surface area contributed by atoms with Crippen LogP contribution in [0, 0.1) is 0 Å². The van der Waals surface area contributed by atoms with Gasteiger partial charge >= 0.3 is 6.18 Å². The molecule has 132 valence electrons. The van der Waals surface area contributed by atoms with Gasteiger partial charge in [-0.2, -0.15) is 13.2 Å². The lowest BCUT2D eigenvalue weighted by Crippen LogP contribution is -2.08. The summed E-state index contributed by atoms with van der Waals surface area (Å²) in [6, 6.07) is 7.23. The van der Waals surface area contributed by atoms with Crippen molar-refractivity contribution in [2.24, 2.45) is 0 Å². The minimum absolute atomic E-state index is 0.0283. The summed E-state index contributed by atoms with van der Waals surface area (Å²) in [6.07, 6.45) is -2.92. The Morgan fingerprint density at radius 2 is 2.04 bits per heavy atom. The second-order valence-corrected chi connectivity index (χ2v) is 5.66. The molecule has 0 aliphatic carbocycles. The van der Waals surface area contributed by atoms with E-state index < -0.39 is 12.0 Å². The molecule has 0 radical (unpaired) electrons. The molecule has 0 amide bonds. The fraction of sp³-hybridized carbons (Fsp3) is 0.312. The predicted molar refractivity (Wildman–Crippen MR) is 86.2 cm³/mol. The second kappa shape index (κ2) is 6.58. The van der Waals surface area contributed by atoms with Crippen LogP contribution in [0.3, 0.4) is 0 Å². The number of anilines is 1. The Hall–Kier alpha value is -2.84. The third-order valence-electron chi connectivity index (χ3n) is 3.32. The highest BCUT2D eigenvalue weighted by Crippen LogP contribution is 2.28. The number of benzene rings is 1. The van der Waals surface area contributed by atoms with E-state index in [2.05, 4.69) is 25.5 Å². The molecule has 3 aromatic rings. The number of nitrogens with one attached hydrogen (secondary N) is 2. The molecule has 9 heteroatoms. The highest BCUT2D eigenvalue weighted by molar-refractivity contribution is 5.92. The summed E-state index contributed by atoms with van der Waals surface area (Å²) in [5, 5.41) is 9.31. The van der Waals surface area contributed by atoms with Crippen LogP contribution in [0.25, 0.3) is 10.9 Å². The lowest BCUT2D eigenvalue weighted by atomic mass is 10.1. The molecule has 0 saturated heterocycles. The van der Waals surface area contributed by atoms with Crippen LogP contribution in [0.1, 0.15) is 25.5 Å². The van der Waals surface area contributed by atoms with Crippen LogP contribution in [-0.4, -0.2) is 26.3 Å². The number of H-pyrrole nitrogens is 1. The standard InChI is InChI=1S/C16H16F3N5O/c1-9(2)25-10-3-4-12-11(7-10)13(5-6-20-12)21-8-14-22-15(24-23-14)16(17,18)19/h3-7,9H,8H2,1-2H3,(H,20,21)(H,22,23,24). The summed E-state index contributed by atoms with van der Waals surface area (Å²) in [4.78, 5) is 7.71. The molecule has 6 nitrogen and oxygen atoms in total. The van der Waals surface area contributed by atoms with Gasteiger partial charge in [0.1, 0.15) is 11.6 Å². The molecule has 0 unspecified atom stereocenters. The molecule has 0 aliphatic heterocycles. The third-order valence-corrected chi connectivity index (χ3v) is 3.32. The number of nitrogens with zero attached hydrogens (tertiary/aromatic N) is 3. The van der Waals surface area contributed by atoms with Gasteiger partial charge < -0.3 is 10.1 Å². The van der Waals surface area contributed by atoms with E-state index in [1.165, 1.54) is 0 Å². The van der Waals surface area contributed by atoms with Crippen molar-refractivity contribution in [3.05, 3.63) is 42.1 Å². The van der Waals surface area contributed by atoms with Gasteiger partial charge in [0.25, 0.3) is 5.82 Å². The number of halogens is 3. The van der Waals surface area contributed by atoms with Crippen LogP contribution < -0.4 is 10.1 Å². The first-order chi connectivity index (χ1) is 11.8. The van der Waals surface area contributed by atoms with E-state index in [1.54, 1.807) is 12.3 Å². The van der Waals surface area contributed by atoms with Crippen molar-refractivity contribution < 1.29 is 17.9 Å². The number of alkyl halides is 3. The Labute approximate surface area is 141 Å². The Morgan fingerprint density at radius 1 is 1.24 bits per heavy atom. The van der Waals surface area contributed by atoms with Gasteiger partial charge in [0.15, 0.2) is 0 Å². The zero-order chi connectivity index (χ0) is 18.0. The first-order valence-corrected chi connectivity index (χ1v) is 7.60. The molecule has 3 rings (SSSR count). The molecule has 0 aliphatic rings. The maximum Gasteiger partial charge on any atom is 0.453 e. The van der Waals surface area contributed by atoms with E-state index in [1.807, 2.05) is 32.0 Å². The normalized spacial score (nSPS) is 11.9. The van der Waals surface area contributed by atoms with Crippen molar-refractivity contribution in [1.29, 1.82) is 0 Å². The van der Waals surface area contributed by atoms with Gasteiger partial charge in [-0.1, -0.05) is 0 Å². The molecule has 0 bridgehead atoms. The highest BCUT2D eigenvalue weighted by Gasteiger charge is 2.35. The van der Waals surface area contributed by atoms with E-state index in [-0.39, 0.29) is 18.5 Å². The lowest BCUT2D eigenvalue weighted by molar-refractivity contribution is -0.144. The first-order valence-electron chi connectivity index (χ1n) is 7.60. The van der Waals surface area contributed by atoms with Crippen LogP contribution in [0.15, 0.2) is 30.5 Å². The van der Waals surface area contributed by atoms with Crippen LogP contribution >= 0.6 is 0 Å². The summed E-state index contributed by atoms with van der Waals surface area (Å²) < 4.78 is 43.3. The monoisotopic (exact) mass is 351 g/mol. The second-order valence-electron chi connectivity index (χ2n) is 5.66. The van der Waals surface area contributed by atoms with Crippen molar-refractivity contribution in [2.75, 3.05) is 5.32 Å². The largest absolute Gasteiger partial charge is 0.491 e. The lowest BCUT2D eigenvalue weighted by Gasteiger charge is -2.12. The van der Waals surface area contributed by atoms with Gasteiger partial charge in [-0.25, -0.2) is 4.98 Å². The van der Waals surface area contributed by atoms with Crippen LogP contribution in [0.4, 0.5) is 18.9 Å². The molecule has 0 spiro atoms. The van der Waals surface area contributed by atoms with Crippen molar-refractivity contribution in [3.8, 4) is 5.75 Å². The van der Waals surface area contributed by atoms with Crippen molar-refractivity contribution in [2.45, 2.75) is 32.7 Å². The molecule has 1 aromatic carbocycles. The fourth-order valence-corrected chi connectivity index (χ4v) is 2.31. The summed E-state index contributed by atoms with van der Waals surface area (Å²) >= 11 is 0. The number of ether oxygens (including phenoxy) is 1. The zero-order valence-corrected chi connectivity index (χ0v) is 13.6. The summed E-state index contributed by atoms with van der Waals surface area (Å²) in [7, 11) is 0. The smallest absolute Gasteiger partial charge is 0.453 e. The van der Waals surface area contributed by atoms with E-state index in [4.69, 9.17) is 4.74 Å². The average molecular weight is 351 g/mol. The minimum atomic E-state index is -4.57. The Balaban J connectivity index is 1.82. The van der Waals surface area contributed by atoms with Crippen LogP contribution in [0.5, 0.6) is 5.75 Å². The van der Waals surface area contributed by atoms with Crippen LogP contribution in [-0.2, 0) is 12.7 Å². The number of hydrogen-bond donors (Lipinski definition) is 2. The molecule has 0 fully saturated rings. The van der Waals surface area contributed by atoms with Gasteiger partial charge in [0.2, 0.25) is 0 Å². The van der Waals surface area contributed by atoms with Crippen molar-refractivity contribution in [3.63, 3.8) is 0 Å². The molecule has 2 aromatic heterocycles. The van der Waals surface area contributed by atoms with E-state index in [0.29, 0.717) is 11.4 Å². The Bertz CT molecular complexity index is 876. The molecular formula is C16H16F3N5O. The minimum Gasteiger partial charge on any atom is -0.491 e. The van der Waals surface area contributed by atoms with Crippen LogP contribution in [0.2, 0.25) is 0 Å². The quantitative estimate of drug-likeness (QED) is 0.732. The zero-order valence-electron chi connectivity index (χ0n) is 13.6. The third kappa shape index (κ3) is 3.98. The van der Waals surface area contributed by atoms with Crippen molar-refractivity contribution >= 4 is 16.6 Å². The maximum atomic E-state index is 12.5. The van der Waals surface area contributed by atoms with E-state index in [0.717, 1.165) is 10.9 Å². The molecule has 0 saturated carbocycles. The summed E-state index contributed by atoms with van der Waals surface area (Å²) in [6.45, 7) is 3.92. The van der Waals surface area contributed by atoms with Gasteiger partial charge in [-0.3, -0.25) is 10.1 Å². The summed E-state index contributed by atoms with van der Waals surface area (Å²) in [5.41, 5.74) is 1.46. The molecule has 2 N–H and O–H groups in total. The molecule has 25 heavy (non-hydrogen) atoms. The number of aromatic nitrogens is 4. The molecule has 2 heterocycles. The topological polar surface area (TPSA) is 75.7 Å². The predicted octanol–water partition coefficient (Wildman–Crippen LogP) is 3.77. The first kappa shape index (κ1) is 17.0. The highest BCUT2D eigenvalue weighted by atomic mass is 19.4. The summed E-state index contributed by atoms with van der Waals surface area (Å²) in [5.74, 6) is -0.402. The molecule has 0 atom stereocenters. The van der Waals surface area contributed by atoms with Crippen molar-refractivity contribution in [1.82, 2.24) is 20.2 Å².